The molecule has 21 heavy (non-hydrogen) atoms. The molecule has 0 atom stereocenters. The molecule has 8 heteroatoms. The molecule has 0 saturated carbocycles. The number of ether oxygens (including phenoxy) is 1. The zero-order valence-electron chi connectivity index (χ0n) is 12.3. The van der Waals surface area contributed by atoms with Gasteiger partial charge in [-0.15, -0.1) is 0 Å². The van der Waals surface area contributed by atoms with E-state index in [-0.39, 0.29) is 36.3 Å². The molecule has 0 aliphatic carbocycles. The Morgan fingerprint density at radius 2 is 2.05 bits per heavy atom. The van der Waals surface area contributed by atoms with Gasteiger partial charge in [-0.25, -0.2) is 12.8 Å². The summed E-state index contributed by atoms with van der Waals surface area (Å²) in [6.45, 7) is 3.62. The normalized spacial score (nSPS) is 12.4. The summed E-state index contributed by atoms with van der Waals surface area (Å²) >= 11 is 5.87. The fraction of sp³-hybridized carbons (Fsp3) is 0.538. The van der Waals surface area contributed by atoms with Gasteiger partial charge >= 0.3 is 0 Å². The molecule has 0 bridgehead atoms. The number of hydrogen-bond acceptors (Lipinski definition) is 4. The van der Waals surface area contributed by atoms with Gasteiger partial charge in [-0.3, -0.25) is 0 Å². The van der Waals surface area contributed by atoms with E-state index in [1.54, 1.807) is 13.8 Å². The highest BCUT2D eigenvalue weighted by molar-refractivity contribution is 7.89. The van der Waals surface area contributed by atoms with Crippen molar-refractivity contribution in [3.63, 3.8) is 0 Å². The Labute approximate surface area is 129 Å². The van der Waals surface area contributed by atoms with Gasteiger partial charge < -0.3 is 10.5 Å². The molecule has 1 aromatic carbocycles. The van der Waals surface area contributed by atoms with Gasteiger partial charge in [0.05, 0.1) is 6.61 Å². The molecule has 1 rings (SSSR count). The van der Waals surface area contributed by atoms with Gasteiger partial charge in [0, 0.05) is 36.8 Å². The maximum Gasteiger partial charge on any atom is 0.246 e. The Morgan fingerprint density at radius 3 is 2.52 bits per heavy atom. The molecule has 0 radical (unpaired) electrons. The lowest BCUT2D eigenvalue weighted by Crippen LogP contribution is -2.39. The van der Waals surface area contributed by atoms with E-state index in [4.69, 9.17) is 22.1 Å². The van der Waals surface area contributed by atoms with Crippen LogP contribution in [0.4, 0.5) is 4.39 Å². The van der Waals surface area contributed by atoms with Crippen LogP contribution in [-0.2, 0) is 21.3 Å². The van der Waals surface area contributed by atoms with Crippen LogP contribution in [0, 0.1) is 5.82 Å². The van der Waals surface area contributed by atoms with Crippen molar-refractivity contribution >= 4 is 21.6 Å². The van der Waals surface area contributed by atoms with Crippen molar-refractivity contribution < 1.29 is 17.5 Å². The molecule has 0 aromatic heterocycles. The van der Waals surface area contributed by atoms with Crippen molar-refractivity contribution in [1.82, 2.24) is 4.31 Å². The first-order valence-corrected chi connectivity index (χ1v) is 8.26. The Hall–Kier alpha value is -0.730. The van der Waals surface area contributed by atoms with Crippen LogP contribution in [0.25, 0.3) is 0 Å². The highest BCUT2D eigenvalue weighted by Gasteiger charge is 2.30. The molecular weight excluding hydrogens is 319 g/mol. The van der Waals surface area contributed by atoms with E-state index in [1.807, 2.05) is 0 Å². The molecule has 0 unspecified atom stereocenters. The molecule has 0 aliphatic heterocycles. The van der Waals surface area contributed by atoms with E-state index in [1.165, 1.54) is 17.5 Å². The number of hydrogen-bond donors (Lipinski definition) is 1. The fourth-order valence-electron chi connectivity index (χ4n) is 1.92. The molecule has 1 aromatic rings. The summed E-state index contributed by atoms with van der Waals surface area (Å²) in [4.78, 5) is -0.458. The summed E-state index contributed by atoms with van der Waals surface area (Å²) in [7, 11) is -2.55. The predicted molar refractivity (Wildman–Crippen MR) is 80.2 cm³/mol. The van der Waals surface area contributed by atoms with Gasteiger partial charge in [-0.1, -0.05) is 11.6 Å². The maximum absolute atomic E-state index is 14.3. The zero-order chi connectivity index (χ0) is 16.2. The summed E-state index contributed by atoms with van der Waals surface area (Å²) in [5, 5.41) is 0.130. The third-order valence-electron chi connectivity index (χ3n) is 2.98. The van der Waals surface area contributed by atoms with E-state index in [0.29, 0.717) is 0 Å². The van der Waals surface area contributed by atoms with Crippen LogP contribution in [0.3, 0.4) is 0 Å². The van der Waals surface area contributed by atoms with Crippen LogP contribution in [0.5, 0.6) is 0 Å². The van der Waals surface area contributed by atoms with Crippen molar-refractivity contribution in [3.05, 3.63) is 28.5 Å². The number of rotatable bonds is 7. The maximum atomic E-state index is 14.3. The summed E-state index contributed by atoms with van der Waals surface area (Å²) < 4.78 is 45.7. The van der Waals surface area contributed by atoms with E-state index in [2.05, 4.69) is 0 Å². The van der Waals surface area contributed by atoms with Crippen molar-refractivity contribution in [1.29, 1.82) is 0 Å². The molecule has 0 heterocycles. The van der Waals surface area contributed by atoms with E-state index < -0.39 is 20.7 Å². The zero-order valence-corrected chi connectivity index (χ0v) is 13.8. The predicted octanol–water partition coefficient (Wildman–Crippen LogP) is 1.98. The lowest BCUT2D eigenvalue weighted by Gasteiger charge is -2.26. The van der Waals surface area contributed by atoms with E-state index in [0.717, 1.165) is 6.07 Å². The average molecular weight is 339 g/mol. The van der Waals surface area contributed by atoms with Crippen molar-refractivity contribution in [3.8, 4) is 0 Å². The lowest BCUT2D eigenvalue weighted by atomic mass is 10.2. The Kier molecular flexibility index (Phi) is 6.55. The highest BCUT2D eigenvalue weighted by Crippen LogP contribution is 2.27. The quantitative estimate of drug-likeness (QED) is 0.825. The topological polar surface area (TPSA) is 72.6 Å². The van der Waals surface area contributed by atoms with Crippen LogP contribution < -0.4 is 5.73 Å². The number of nitrogens with two attached hydrogens (primary N) is 1. The van der Waals surface area contributed by atoms with Crippen molar-refractivity contribution in [2.75, 3.05) is 20.3 Å². The number of nitrogens with zero attached hydrogens (tertiary/aromatic N) is 1. The summed E-state index contributed by atoms with van der Waals surface area (Å²) in [5.41, 5.74) is 5.49. The summed E-state index contributed by atoms with van der Waals surface area (Å²) in [5.74, 6) is -0.857. The molecule has 2 N–H and O–H groups in total. The molecule has 0 fully saturated rings. The molecule has 0 saturated heterocycles. The van der Waals surface area contributed by atoms with Gasteiger partial charge in [0.25, 0.3) is 0 Å². The van der Waals surface area contributed by atoms with E-state index in [9.17, 15) is 12.8 Å². The van der Waals surface area contributed by atoms with Crippen LogP contribution in [0.1, 0.15) is 19.4 Å². The van der Waals surface area contributed by atoms with Crippen molar-refractivity contribution in [2.45, 2.75) is 31.3 Å². The monoisotopic (exact) mass is 338 g/mol. The smallest absolute Gasteiger partial charge is 0.246 e. The van der Waals surface area contributed by atoms with Crippen LogP contribution in [0.15, 0.2) is 17.0 Å². The highest BCUT2D eigenvalue weighted by atomic mass is 35.5. The minimum atomic E-state index is -4.02. The second-order valence-electron chi connectivity index (χ2n) is 4.78. The van der Waals surface area contributed by atoms with Gasteiger partial charge in [0.15, 0.2) is 0 Å². The number of methoxy groups -OCH3 is 1. The summed E-state index contributed by atoms with van der Waals surface area (Å²) in [6, 6.07) is 2.09. The van der Waals surface area contributed by atoms with Gasteiger partial charge in [0.2, 0.25) is 10.0 Å². The molecular formula is C13H20ClFN2O3S. The first kappa shape index (κ1) is 18.3. The molecule has 120 valence electrons. The Balaban J connectivity index is 3.37. The minimum Gasteiger partial charge on any atom is -0.383 e. The molecule has 0 amide bonds. The Bertz CT molecular complexity index is 593. The number of halogens is 2. The Morgan fingerprint density at radius 1 is 1.43 bits per heavy atom. The van der Waals surface area contributed by atoms with Gasteiger partial charge in [-0.2, -0.15) is 4.31 Å². The standard InChI is InChI=1S/C13H20ClFN2O3S/c1-9(2)17(4-5-20-3)21(18,19)12-7-11(14)6-10(8-16)13(12)15/h6-7,9H,4-5,8,16H2,1-3H3. The van der Waals surface area contributed by atoms with Gasteiger partial charge in [-0.05, 0) is 26.0 Å². The van der Waals surface area contributed by atoms with Crippen LogP contribution >= 0.6 is 11.6 Å². The first-order valence-electron chi connectivity index (χ1n) is 6.44. The first-order chi connectivity index (χ1) is 9.75. The third-order valence-corrected chi connectivity index (χ3v) is 5.27. The van der Waals surface area contributed by atoms with Crippen LogP contribution in [-0.4, -0.2) is 39.0 Å². The second kappa shape index (κ2) is 7.51. The van der Waals surface area contributed by atoms with Crippen molar-refractivity contribution in [2.24, 2.45) is 5.73 Å². The van der Waals surface area contributed by atoms with Gasteiger partial charge in [0.1, 0.15) is 10.7 Å². The average Bonchev–Trinajstić information content (AvgIpc) is 2.40. The molecule has 0 spiro atoms. The lowest BCUT2D eigenvalue weighted by molar-refractivity contribution is 0.170. The number of sulfonamides is 1. The fourth-order valence-corrected chi connectivity index (χ4v) is 3.98. The molecule has 0 aliphatic rings. The van der Waals surface area contributed by atoms with E-state index >= 15 is 0 Å². The third kappa shape index (κ3) is 4.14. The molecule has 5 nitrogen and oxygen atoms in total. The largest absolute Gasteiger partial charge is 0.383 e. The number of benzene rings is 1. The second-order valence-corrected chi connectivity index (χ2v) is 7.08. The van der Waals surface area contributed by atoms with Crippen LogP contribution in [0.2, 0.25) is 5.02 Å². The summed E-state index contributed by atoms with van der Waals surface area (Å²) in [6.07, 6.45) is 0. The SMILES string of the molecule is COCCN(C(C)C)S(=O)(=O)c1cc(Cl)cc(CN)c1F. The minimum absolute atomic E-state index is 0.0662.